The van der Waals surface area contributed by atoms with Crippen molar-refractivity contribution in [1.82, 2.24) is 10.2 Å². The standard InChI is InChI=1S/C13H22N2O3/c1-12(2,3)14-11(18)15-7-9-5-4-6-13(9,8-15)10(16)17/h9H,4-8H2,1-3H3,(H,14,18)(H,16,17)/t9-,13+/m0/s1. The van der Waals surface area contributed by atoms with Crippen LogP contribution in [0, 0.1) is 11.3 Å². The minimum atomic E-state index is -0.740. The highest BCUT2D eigenvalue weighted by molar-refractivity contribution is 5.80. The van der Waals surface area contributed by atoms with Gasteiger partial charge in [-0.05, 0) is 39.5 Å². The summed E-state index contributed by atoms with van der Waals surface area (Å²) in [5, 5.41) is 12.3. The van der Waals surface area contributed by atoms with Gasteiger partial charge in [-0.15, -0.1) is 0 Å². The number of amides is 2. The van der Waals surface area contributed by atoms with Crippen LogP contribution in [0.5, 0.6) is 0 Å². The maximum Gasteiger partial charge on any atom is 0.317 e. The molecule has 0 radical (unpaired) electrons. The van der Waals surface area contributed by atoms with E-state index in [2.05, 4.69) is 5.32 Å². The Balaban J connectivity index is 2.08. The highest BCUT2D eigenvalue weighted by Gasteiger charge is 2.55. The average Bonchev–Trinajstić information content (AvgIpc) is 2.69. The zero-order chi connectivity index (χ0) is 13.6. The molecule has 1 aliphatic carbocycles. The highest BCUT2D eigenvalue weighted by atomic mass is 16.4. The largest absolute Gasteiger partial charge is 0.481 e. The van der Waals surface area contributed by atoms with Crippen LogP contribution in [0.4, 0.5) is 4.79 Å². The van der Waals surface area contributed by atoms with Crippen LogP contribution < -0.4 is 5.32 Å². The Kier molecular flexibility index (Phi) is 3.03. The number of hydrogen-bond donors (Lipinski definition) is 2. The molecule has 0 bridgehead atoms. The molecule has 1 saturated carbocycles. The molecule has 0 aromatic carbocycles. The Morgan fingerprint density at radius 1 is 1.39 bits per heavy atom. The SMILES string of the molecule is CC(C)(C)NC(=O)N1C[C@@H]2CCC[C@@]2(C(=O)O)C1. The van der Waals surface area contributed by atoms with Crippen molar-refractivity contribution in [3.8, 4) is 0 Å². The van der Waals surface area contributed by atoms with Crippen molar-refractivity contribution in [2.45, 2.75) is 45.6 Å². The minimum absolute atomic E-state index is 0.126. The third-order valence-corrected chi connectivity index (χ3v) is 4.07. The van der Waals surface area contributed by atoms with E-state index in [9.17, 15) is 14.7 Å². The molecule has 2 aliphatic rings. The van der Waals surface area contributed by atoms with Crippen molar-refractivity contribution in [1.29, 1.82) is 0 Å². The van der Waals surface area contributed by atoms with Gasteiger partial charge in [0.2, 0.25) is 0 Å². The fourth-order valence-corrected chi connectivity index (χ4v) is 3.19. The first-order valence-corrected chi connectivity index (χ1v) is 6.55. The van der Waals surface area contributed by atoms with Gasteiger partial charge in [-0.1, -0.05) is 6.42 Å². The summed E-state index contributed by atoms with van der Waals surface area (Å²) in [7, 11) is 0. The molecule has 2 N–H and O–H groups in total. The summed E-state index contributed by atoms with van der Waals surface area (Å²) in [5.41, 5.74) is -0.972. The Hall–Kier alpha value is -1.26. The molecule has 0 aromatic heterocycles. The molecule has 0 unspecified atom stereocenters. The summed E-state index contributed by atoms with van der Waals surface area (Å²) in [6, 6.07) is -0.141. The summed E-state index contributed by atoms with van der Waals surface area (Å²) < 4.78 is 0. The summed E-state index contributed by atoms with van der Waals surface area (Å²) in [6.45, 7) is 6.71. The summed E-state index contributed by atoms with van der Waals surface area (Å²) in [5.74, 6) is -0.614. The molecule has 0 spiro atoms. The van der Waals surface area contributed by atoms with E-state index >= 15 is 0 Å². The fraction of sp³-hybridized carbons (Fsp3) is 0.846. The van der Waals surface area contributed by atoms with Gasteiger partial charge >= 0.3 is 12.0 Å². The molecule has 1 aliphatic heterocycles. The number of fused-ring (bicyclic) bond motifs is 1. The second-order valence-electron chi connectivity index (χ2n) is 6.61. The topological polar surface area (TPSA) is 69.6 Å². The number of rotatable bonds is 1. The number of carboxylic acid groups (broad SMARTS) is 1. The number of likely N-dealkylation sites (tertiary alicyclic amines) is 1. The maximum absolute atomic E-state index is 12.1. The van der Waals surface area contributed by atoms with E-state index in [-0.39, 0.29) is 17.5 Å². The first-order chi connectivity index (χ1) is 8.24. The monoisotopic (exact) mass is 254 g/mol. The summed E-state index contributed by atoms with van der Waals surface area (Å²) in [4.78, 5) is 25.2. The van der Waals surface area contributed by atoms with Gasteiger partial charge in [-0.25, -0.2) is 4.79 Å². The number of nitrogens with zero attached hydrogens (tertiary/aromatic N) is 1. The number of urea groups is 1. The van der Waals surface area contributed by atoms with Crippen molar-refractivity contribution >= 4 is 12.0 Å². The molecule has 2 atom stereocenters. The van der Waals surface area contributed by atoms with Crippen molar-refractivity contribution in [3.63, 3.8) is 0 Å². The summed E-state index contributed by atoms with van der Waals surface area (Å²) >= 11 is 0. The number of carbonyl (C=O) groups is 2. The Labute approximate surface area is 108 Å². The third-order valence-electron chi connectivity index (χ3n) is 4.07. The summed E-state index contributed by atoms with van der Waals surface area (Å²) in [6.07, 6.45) is 2.59. The normalized spacial score (nSPS) is 31.3. The lowest BCUT2D eigenvalue weighted by atomic mass is 9.81. The molecular weight excluding hydrogens is 232 g/mol. The van der Waals surface area contributed by atoms with Crippen LogP contribution in [0.2, 0.25) is 0 Å². The van der Waals surface area contributed by atoms with Crippen LogP contribution in [0.15, 0.2) is 0 Å². The quantitative estimate of drug-likeness (QED) is 0.748. The highest BCUT2D eigenvalue weighted by Crippen LogP contribution is 2.48. The van der Waals surface area contributed by atoms with E-state index in [4.69, 9.17) is 0 Å². The van der Waals surface area contributed by atoms with E-state index in [1.807, 2.05) is 20.8 Å². The van der Waals surface area contributed by atoms with Gasteiger partial charge < -0.3 is 15.3 Å². The molecule has 0 aromatic rings. The molecular formula is C13H22N2O3. The Bertz CT molecular complexity index is 375. The Morgan fingerprint density at radius 2 is 2.06 bits per heavy atom. The predicted molar refractivity (Wildman–Crippen MR) is 67.3 cm³/mol. The zero-order valence-electron chi connectivity index (χ0n) is 11.3. The number of carbonyl (C=O) groups excluding carboxylic acids is 1. The van der Waals surface area contributed by atoms with E-state index in [0.29, 0.717) is 19.5 Å². The maximum atomic E-state index is 12.1. The van der Waals surface area contributed by atoms with E-state index in [1.54, 1.807) is 4.90 Å². The first kappa shape index (κ1) is 13.2. The molecule has 5 heteroatoms. The Morgan fingerprint density at radius 3 is 2.56 bits per heavy atom. The molecule has 5 nitrogen and oxygen atoms in total. The van der Waals surface area contributed by atoms with Crippen LogP contribution in [-0.2, 0) is 4.79 Å². The minimum Gasteiger partial charge on any atom is -0.481 e. The van der Waals surface area contributed by atoms with Crippen LogP contribution in [0.25, 0.3) is 0 Å². The number of hydrogen-bond acceptors (Lipinski definition) is 2. The van der Waals surface area contributed by atoms with Crippen molar-refractivity contribution in [2.75, 3.05) is 13.1 Å². The van der Waals surface area contributed by atoms with E-state index in [1.165, 1.54) is 0 Å². The van der Waals surface area contributed by atoms with Gasteiger partial charge in [0.15, 0.2) is 0 Å². The molecule has 18 heavy (non-hydrogen) atoms. The van der Waals surface area contributed by atoms with Gasteiger partial charge in [-0.2, -0.15) is 0 Å². The van der Waals surface area contributed by atoms with E-state index in [0.717, 1.165) is 12.8 Å². The predicted octanol–water partition coefficient (Wildman–Crippen LogP) is 1.68. The number of nitrogens with one attached hydrogen (secondary N) is 1. The van der Waals surface area contributed by atoms with Gasteiger partial charge in [0.1, 0.15) is 0 Å². The fourth-order valence-electron chi connectivity index (χ4n) is 3.19. The van der Waals surface area contributed by atoms with Gasteiger partial charge in [0, 0.05) is 18.6 Å². The molecule has 102 valence electrons. The molecule has 2 amide bonds. The van der Waals surface area contributed by atoms with Crippen LogP contribution in [0.3, 0.4) is 0 Å². The second kappa shape index (κ2) is 4.14. The third kappa shape index (κ3) is 2.18. The lowest BCUT2D eigenvalue weighted by Gasteiger charge is -2.27. The number of carboxylic acids is 1. The lowest BCUT2D eigenvalue weighted by molar-refractivity contribution is -0.149. The molecule has 2 rings (SSSR count). The molecule has 2 fully saturated rings. The second-order valence-corrected chi connectivity index (χ2v) is 6.61. The molecule has 1 heterocycles. The molecule has 1 saturated heterocycles. The van der Waals surface area contributed by atoms with Crippen LogP contribution >= 0.6 is 0 Å². The lowest BCUT2D eigenvalue weighted by Crippen LogP contribution is -2.48. The smallest absolute Gasteiger partial charge is 0.317 e. The van der Waals surface area contributed by atoms with Gasteiger partial charge in [0.05, 0.1) is 5.41 Å². The van der Waals surface area contributed by atoms with E-state index < -0.39 is 11.4 Å². The van der Waals surface area contributed by atoms with Crippen molar-refractivity contribution in [3.05, 3.63) is 0 Å². The van der Waals surface area contributed by atoms with Gasteiger partial charge in [-0.3, -0.25) is 4.79 Å². The first-order valence-electron chi connectivity index (χ1n) is 6.55. The average molecular weight is 254 g/mol. The van der Waals surface area contributed by atoms with Gasteiger partial charge in [0.25, 0.3) is 0 Å². The van der Waals surface area contributed by atoms with Crippen LogP contribution in [-0.4, -0.2) is 40.6 Å². The van der Waals surface area contributed by atoms with Crippen molar-refractivity contribution in [2.24, 2.45) is 11.3 Å². The van der Waals surface area contributed by atoms with Crippen molar-refractivity contribution < 1.29 is 14.7 Å². The zero-order valence-corrected chi connectivity index (χ0v) is 11.3. The number of aliphatic carboxylic acids is 1. The van der Waals surface area contributed by atoms with Crippen LogP contribution in [0.1, 0.15) is 40.0 Å².